The molecule has 1 amide bonds. The Labute approximate surface area is 109 Å². The molecule has 0 radical (unpaired) electrons. The van der Waals surface area contributed by atoms with Gasteiger partial charge in [0.25, 0.3) is 0 Å². The number of carbonyl (C=O) groups is 1. The summed E-state index contributed by atoms with van der Waals surface area (Å²) in [6, 6.07) is 0.361. The maximum atomic E-state index is 12.4. The fourth-order valence-electron chi connectivity index (χ4n) is 3.32. The van der Waals surface area contributed by atoms with Crippen molar-refractivity contribution in [3.63, 3.8) is 0 Å². The van der Waals surface area contributed by atoms with Crippen LogP contribution in [0.25, 0.3) is 0 Å². The van der Waals surface area contributed by atoms with Crippen LogP contribution in [0.2, 0.25) is 0 Å². The molecule has 3 rings (SSSR count). The van der Waals surface area contributed by atoms with Crippen molar-refractivity contribution in [2.24, 2.45) is 11.8 Å². The van der Waals surface area contributed by atoms with E-state index >= 15 is 0 Å². The van der Waals surface area contributed by atoms with E-state index in [1.165, 1.54) is 12.8 Å². The predicted molar refractivity (Wildman–Crippen MR) is 69.0 cm³/mol. The van der Waals surface area contributed by atoms with Crippen molar-refractivity contribution in [3.8, 4) is 0 Å². The molecule has 2 heterocycles. The van der Waals surface area contributed by atoms with E-state index in [1.54, 1.807) is 0 Å². The van der Waals surface area contributed by atoms with Crippen LogP contribution in [0.15, 0.2) is 0 Å². The molecule has 1 aliphatic carbocycles. The van der Waals surface area contributed by atoms with E-state index in [9.17, 15) is 4.79 Å². The zero-order valence-corrected chi connectivity index (χ0v) is 11.4. The highest BCUT2D eigenvalue weighted by molar-refractivity contribution is 5.84. The predicted octanol–water partition coefficient (Wildman–Crippen LogP) is 1.36. The lowest BCUT2D eigenvalue weighted by atomic mass is 10.0. The summed E-state index contributed by atoms with van der Waals surface area (Å²) in [6.45, 7) is 5.88. The zero-order valence-electron chi connectivity index (χ0n) is 11.4. The monoisotopic (exact) mass is 252 g/mol. The van der Waals surface area contributed by atoms with E-state index in [0.29, 0.717) is 30.6 Å². The van der Waals surface area contributed by atoms with Crippen molar-refractivity contribution in [1.29, 1.82) is 0 Å². The summed E-state index contributed by atoms with van der Waals surface area (Å²) in [4.78, 5) is 14.5. The molecular weight excluding hydrogens is 228 g/mol. The maximum absolute atomic E-state index is 12.4. The number of amides is 1. The first-order valence-corrected chi connectivity index (χ1v) is 7.32. The van der Waals surface area contributed by atoms with Crippen LogP contribution in [0, 0.1) is 11.8 Å². The SMILES string of the molecule is CC(C)CC1NCN(C2CCOC2C2CC2)C1=O. The normalized spacial score (nSPS) is 36.9. The van der Waals surface area contributed by atoms with Crippen molar-refractivity contribution in [2.45, 2.75) is 57.7 Å². The summed E-state index contributed by atoms with van der Waals surface area (Å²) >= 11 is 0. The van der Waals surface area contributed by atoms with Gasteiger partial charge in [0.1, 0.15) is 0 Å². The Hall–Kier alpha value is -0.610. The summed E-state index contributed by atoms with van der Waals surface area (Å²) < 4.78 is 5.84. The molecule has 3 atom stereocenters. The smallest absolute Gasteiger partial charge is 0.241 e. The molecule has 18 heavy (non-hydrogen) atoms. The van der Waals surface area contributed by atoms with Crippen LogP contribution in [0.5, 0.6) is 0 Å². The molecule has 3 fully saturated rings. The molecule has 3 aliphatic rings. The Morgan fingerprint density at radius 1 is 1.39 bits per heavy atom. The molecule has 0 aromatic rings. The minimum Gasteiger partial charge on any atom is -0.376 e. The van der Waals surface area contributed by atoms with E-state index in [-0.39, 0.29) is 6.04 Å². The molecule has 3 unspecified atom stereocenters. The van der Waals surface area contributed by atoms with Crippen LogP contribution in [-0.4, -0.2) is 42.3 Å². The van der Waals surface area contributed by atoms with Crippen molar-refractivity contribution in [3.05, 3.63) is 0 Å². The molecular formula is C14H24N2O2. The first-order chi connectivity index (χ1) is 8.66. The maximum Gasteiger partial charge on any atom is 0.241 e. The van der Waals surface area contributed by atoms with Crippen molar-refractivity contribution in [1.82, 2.24) is 10.2 Å². The van der Waals surface area contributed by atoms with Gasteiger partial charge in [0.05, 0.1) is 24.9 Å². The Morgan fingerprint density at radius 3 is 2.83 bits per heavy atom. The Kier molecular flexibility index (Phi) is 3.32. The lowest BCUT2D eigenvalue weighted by molar-refractivity contribution is -0.132. The average Bonchev–Trinajstić information content (AvgIpc) is 2.96. The second kappa shape index (κ2) is 4.82. The molecule has 0 spiro atoms. The molecule has 2 saturated heterocycles. The van der Waals surface area contributed by atoms with Crippen molar-refractivity contribution < 1.29 is 9.53 Å². The number of carbonyl (C=O) groups excluding carboxylic acids is 1. The third-order valence-electron chi connectivity index (χ3n) is 4.39. The Morgan fingerprint density at radius 2 is 2.17 bits per heavy atom. The van der Waals surface area contributed by atoms with E-state index < -0.39 is 0 Å². The summed E-state index contributed by atoms with van der Waals surface area (Å²) in [5, 5.41) is 3.37. The van der Waals surface area contributed by atoms with Gasteiger partial charge in [-0.3, -0.25) is 10.1 Å². The van der Waals surface area contributed by atoms with Crippen LogP contribution in [-0.2, 0) is 9.53 Å². The van der Waals surface area contributed by atoms with Gasteiger partial charge >= 0.3 is 0 Å². The molecule has 0 bridgehead atoms. The van der Waals surface area contributed by atoms with Gasteiger partial charge in [-0.05, 0) is 37.5 Å². The Bertz CT molecular complexity index is 328. The number of hydrogen-bond donors (Lipinski definition) is 1. The molecule has 4 nitrogen and oxygen atoms in total. The van der Waals surface area contributed by atoms with Crippen LogP contribution >= 0.6 is 0 Å². The summed E-state index contributed by atoms with van der Waals surface area (Å²) in [6.07, 6.45) is 4.84. The summed E-state index contributed by atoms with van der Waals surface area (Å²) in [5.41, 5.74) is 0. The van der Waals surface area contributed by atoms with E-state index in [0.717, 1.165) is 25.4 Å². The van der Waals surface area contributed by atoms with Gasteiger partial charge in [-0.2, -0.15) is 0 Å². The van der Waals surface area contributed by atoms with Crippen LogP contribution < -0.4 is 5.32 Å². The fourth-order valence-corrected chi connectivity index (χ4v) is 3.32. The minimum absolute atomic E-state index is 0.0328. The van der Waals surface area contributed by atoms with Crippen LogP contribution in [0.1, 0.15) is 39.5 Å². The summed E-state index contributed by atoms with van der Waals surface area (Å²) in [7, 11) is 0. The quantitative estimate of drug-likeness (QED) is 0.821. The average molecular weight is 252 g/mol. The van der Waals surface area contributed by atoms with E-state index in [2.05, 4.69) is 19.2 Å². The second-order valence-corrected chi connectivity index (χ2v) is 6.38. The number of ether oxygens (including phenoxy) is 1. The standard InChI is InChI=1S/C14H24N2O2/c1-9(2)7-11-14(17)16(8-15-11)12-5-6-18-13(12)10-3-4-10/h9-13,15H,3-8H2,1-2H3. The van der Waals surface area contributed by atoms with Crippen LogP contribution in [0.4, 0.5) is 0 Å². The number of nitrogens with one attached hydrogen (secondary N) is 1. The highest BCUT2D eigenvalue weighted by Crippen LogP contribution is 2.40. The Balaban J connectivity index is 1.64. The third-order valence-corrected chi connectivity index (χ3v) is 4.39. The highest BCUT2D eigenvalue weighted by atomic mass is 16.5. The number of hydrogen-bond acceptors (Lipinski definition) is 3. The number of nitrogens with zero attached hydrogens (tertiary/aromatic N) is 1. The van der Waals surface area contributed by atoms with Gasteiger partial charge < -0.3 is 9.64 Å². The van der Waals surface area contributed by atoms with E-state index in [4.69, 9.17) is 4.74 Å². The van der Waals surface area contributed by atoms with Crippen LogP contribution in [0.3, 0.4) is 0 Å². The zero-order chi connectivity index (χ0) is 12.7. The molecule has 1 saturated carbocycles. The van der Waals surface area contributed by atoms with Gasteiger partial charge in [-0.15, -0.1) is 0 Å². The third kappa shape index (κ3) is 2.28. The van der Waals surface area contributed by atoms with Gasteiger partial charge in [-0.1, -0.05) is 13.8 Å². The number of rotatable bonds is 4. The molecule has 1 N–H and O–H groups in total. The largest absolute Gasteiger partial charge is 0.376 e. The lowest BCUT2D eigenvalue weighted by Crippen LogP contribution is -2.44. The lowest BCUT2D eigenvalue weighted by Gasteiger charge is -2.28. The second-order valence-electron chi connectivity index (χ2n) is 6.38. The van der Waals surface area contributed by atoms with Crippen molar-refractivity contribution in [2.75, 3.05) is 13.3 Å². The van der Waals surface area contributed by atoms with Gasteiger partial charge in [-0.25, -0.2) is 0 Å². The topological polar surface area (TPSA) is 41.6 Å². The molecule has 102 valence electrons. The van der Waals surface area contributed by atoms with Gasteiger partial charge in [0.2, 0.25) is 5.91 Å². The van der Waals surface area contributed by atoms with Gasteiger partial charge in [0.15, 0.2) is 0 Å². The van der Waals surface area contributed by atoms with Crippen molar-refractivity contribution >= 4 is 5.91 Å². The fraction of sp³-hybridized carbons (Fsp3) is 0.929. The van der Waals surface area contributed by atoms with E-state index in [1.807, 2.05) is 4.90 Å². The molecule has 2 aliphatic heterocycles. The first kappa shape index (κ1) is 12.4. The first-order valence-electron chi connectivity index (χ1n) is 7.32. The molecule has 4 heteroatoms. The highest BCUT2D eigenvalue weighted by Gasteiger charge is 2.46. The minimum atomic E-state index is 0.0328. The molecule has 0 aromatic carbocycles. The van der Waals surface area contributed by atoms with Gasteiger partial charge in [0, 0.05) is 6.61 Å². The molecule has 0 aromatic heterocycles. The summed E-state index contributed by atoms with van der Waals surface area (Å²) in [5.74, 6) is 1.57.